The minimum absolute atomic E-state index is 0.133. The highest BCUT2D eigenvalue weighted by Crippen LogP contribution is 2.27. The number of alkyl carbamates (subject to hydrolysis) is 1. The van der Waals surface area contributed by atoms with Gasteiger partial charge in [0, 0.05) is 5.56 Å². The first kappa shape index (κ1) is 16.4. The highest BCUT2D eigenvalue weighted by molar-refractivity contribution is 5.68. The minimum Gasteiger partial charge on any atom is -0.444 e. The van der Waals surface area contributed by atoms with E-state index in [0.717, 1.165) is 0 Å². The fourth-order valence-electron chi connectivity index (χ4n) is 1.72. The molecule has 1 aromatic rings. The Labute approximate surface area is 119 Å². The van der Waals surface area contributed by atoms with Crippen molar-refractivity contribution in [2.24, 2.45) is 0 Å². The topological polar surface area (TPSA) is 58.6 Å². The van der Waals surface area contributed by atoms with E-state index < -0.39 is 29.2 Å². The molecule has 0 saturated carbocycles. The third kappa shape index (κ3) is 4.49. The average Bonchev–Trinajstić information content (AvgIpc) is 2.25. The Morgan fingerprint density at radius 1 is 1.25 bits per heavy atom. The van der Waals surface area contributed by atoms with Gasteiger partial charge in [0.25, 0.3) is 0 Å². The molecule has 0 aliphatic rings. The van der Waals surface area contributed by atoms with Gasteiger partial charge in [0.1, 0.15) is 17.5 Å². The van der Waals surface area contributed by atoms with E-state index in [2.05, 4.69) is 5.32 Å². The second kappa shape index (κ2) is 5.79. The van der Waals surface area contributed by atoms with Crippen LogP contribution in [0.15, 0.2) is 24.3 Å². The van der Waals surface area contributed by atoms with Gasteiger partial charge in [0.05, 0.1) is 5.54 Å². The summed E-state index contributed by atoms with van der Waals surface area (Å²) < 4.78 is 18.8. The number of hydrogen-bond acceptors (Lipinski definition) is 3. The minimum atomic E-state index is -1.18. The standard InChI is InChI=1S/C15H22FNO3/c1-14(2,3)20-13(19)17-15(4,5)12(18)10-8-6-7-9-11(10)16/h6-9,12,18H,1-5H3,(H,17,19). The van der Waals surface area contributed by atoms with Gasteiger partial charge in [-0.1, -0.05) is 18.2 Å². The predicted octanol–water partition coefficient (Wildman–Crippen LogP) is 3.16. The van der Waals surface area contributed by atoms with Crippen molar-refractivity contribution in [3.63, 3.8) is 0 Å². The molecule has 0 aliphatic heterocycles. The monoisotopic (exact) mass is 283 g/mol. The Kier molecular flexibility index (Phi) is 4.76. The summed E-state index contributed by atoms with van der Waals surface area (Å²) in [7, 11) is 0. The zero-order valence-corrected chi connectivity index (χ0v) is 12.5. The first-order valence-electron chi connectivity index (χ1n) is 6.46. The van der Waals surface area contributed by atoms with Crippen LogP contribution in [-0.2, 0) is 4.74 Å². The van der Waals surface area contributed by atoms with Crippen LogP contribution in [-0.4, -0.2) is 22.3 Å². The summed E-state index contributed by atoms with van der Waals surface area (Å²) in [5.74, 6) is -0.515. The molecule has 112 valence electrons. The maximum absolute atomic E-state index is 13.7. The number of carbonyl (C=O) groups is 1. The molecule has 0 heterocycles. The van der Waals surface area contributed by atoms with Crippen LogP contribution in [0.2, 0.25) is 0 Å². The number of aliphatic hydroxyl groups excluding tert-OH is 1. The van der Waals surface area contributed by atoms with Crippen LogP contribution < -0.4 is 5.32 Å². The molecule has 1 aromatic carbocycles. The normalized spacial score (nSPS) is 13.8. The summed E-state index contributed by atoms with van der Waals surface area (Å²) in [6.07, 6.45) is -1.84. The number of benzene rings is 1. The lowest BCUT2D eigenvalue weighted by Crippen LogP contribution is -2.49. The molecule has 20 heavy (non-hydrogen) atoms. The Hall–Kier alpha value is -1.62. The Morgan fingerprint density at radius 3 is 2.30 bits per heavy atom. The van der Waals surface area contributed by atoms with Crippen LogP contribution in [0.4, 0.5) is 9.18 Å². The predicted molar refractivity (Wildman–Crippen MR) is 74.8 cm³/mol. The van der Waals surface area contributed by atoms with Crippen molar-refractivity contribution >= 4 is 6.09 Å². The number of nitrogens with one attached hydrogen (secondary N) is 1. The molecule has 0 aromatic heterocycles. The van der Waals surface area contributed by atoms with Crippen LogP contribution in [0.3, 0.4) is 0 Å². The van der Waals surface area contributed by atoms with Crippen LogP contribution in [0.25, 0.3) is 0 Å². The second-order valence-electron chi connectivity index (χ2n) is 6.27. The van der Waals surface area contributed by atoms with Crippen molar-refractivity contribution in [3.05, 3.63) is 35.6 Å². The van der Waals surface area contributed by atoms with Gasteiger partial charge in [0.15, 0.2) is 0 Å². The van der Waals surface area contributed by atoms with Gasteiger partial charge in [-0.25, -0.2) is 9.18 Å². The largest absolute Gasteiger partial charge is 0.444 e. The molecule has 0 aliphatic carbocycles. The van der Waals surface area contributed by atoms with Gasteiger partial charge in [-0.3, -0.25) is 0 Å². The zero-order valence-electron chi connectivity index (χ0n) is 12.5. The van der Waals surface area contributed by atoms with E-state index in [1.165, 1.54) is 12.1 Å². The third-order valence-corrected chi connectivity index (χ3v) is 2.71. The fraction of sp³-hybridized carbons (Fsp3) is 0.533. The molecule has 1 unspecified atom stereocenters. The first-order chi connectivity index (χ1) is 9.03. The summed E-state index contributed by atoms with van der Waals surface area (Å²) in [5, 5.41) is 12.8. The van der Waals surface area contributed by atoms with Gasteiger partial charge < -0.3 is 15.2 Å². The van der Waals surface area contributed by atoms with Crippen molar-refractivity contribution in [3.8, 4) is 0 Å². The number of halogens is 1. The maximum Gasteiger partial charge on any atom is 0.408 e. The van der Waals surface area contributed by atoms with Crippen LogP contribution in [0.5, 0.6) is 0 Å². The number of rotatable bonds is 3. The van der Waals surface area contributed by atoms with Crippen molar-refractivity contribution in [1.82, 2.24) is 5.32 Å². The van der Waals surface area contributed by atoms with Crippen molar-refractivity contribution < 1.29 is 19.0 Å². The van der Waals surface area contributed by atoms with Crippen molar-refractivity contribution in [2.45, 2.75) is 51.9 Å². The van der Waals surface area contributed by atoms with Gasteiger partial charge in [-0.2, -0.15) is 0 Å². The van der Waals surface area contributed by atoms with Crippen LogP contribution in [0.1, 0.15) is 46.3 Å². The molecule has 0 radical (unpaired) electrons. The summed E-state index contributed by atoms with van der Waals surface area (Å²) in [4.78, 5) is 11.8. The molecular formula is C15H22FNO3. The Bertz CT molecular complexity index is 480. The van der Waals surface area contributed by atoms with E-state index in [1.807, 2.05) is 0 Å². The second-order valence-corrected chi connectivity index (χ2v) is 6.27. The molecule has 0 spiro atoms. The molecule has 0 fully saturated rings. The number of hydrogen-bond donors (Lipinski definition) is 2. The lowest BCUT2D eigenvalue weighted by atomic mass is 9.91. The molecule has 2 N–H and O–H groups in total. The van der Waals surface area contributed by atoms with Gasteiger partial charge in [0.2, 0.25) is 0 Å². The number of aliphatic hydroxyl groups is 1. The quantitative estimate of drug-likeness (QED) is 0.895. The molecule has 4 nitrogen and oxygen atoms in total. The van der Waals surface area contributed by atoms with E-state index in [1.54, 1.807) is 46.8 Å². The van der Waals surface area contributed by atoms with E-state index in [4.69, 9.17) is 4.74 Å². The summed E-state index contributed by atoms with van der Waals surface area (Å²) >= 11 is 0. The lowest BCUT2D eigenvalue weighted by Gasteiger charge is -2.33. The maximum atomic E-state index is 13.7. The Morgan fingerprint density at radius 2 is 1.80 bits per heavy atom. The van der Waals surface area contributed by atoms with Gasteiger partial charge in [-0.05, 0) is 40.7 Å². The van der Waals surface area contributed by atoms with E-state index in [0.29, 0.717) is 0 Å². The molecule has 1 amide bonds. The number of ether oxygens (including phenoxy) is 1. The zero-order chi connectivity index (χ0) is 15.6. The third-order valence-electron chi connectivity index (χ3n) is 2.71. The first-order valence-corrected chi connectivity index (χ1v) is 6.46. The summed E-state index contributed by atoms with van der Waals surface area (Å²) in [6.45, 7) is 8.44. The highest BCUT2D eigenvalue weighted by atomic mass is 19.1. The van der Waals surface area contributed by atoms with E-state index >= 15 is 0 Å². The molecule has 5 heteroatoms. The van der Waals surface area contributed by atoms with E-state index in [-0.39, 0.29) is 5.56 Å². The number of amides is 1. The molecular weight excluding hydrogens is 261 g/mol. The van der Waals surface area contributed by atoms with Crippen LogP contribution >= 0.6 is 0 Å². The summed E-state index contributed by atoms with van der Waals surface area (Å²) in [6, 6.07) is 5.92. The Balaban J connectivity index is 2.83. The fourth-order valence-corrected chi connectivity index (χ4v) is 1.72. The number of carbonyl (C=O) groups excluding carboxylic acids is 1. The molecule has 1 atom stereocenters. The molecule has 0 bridgehead atoms. The smallest absolute Gasteiger partial charge is 0.408 e. The highest BCUT2D eigenvalue weighted by Gasteiger charge is 2.33. The van der Waals surface area contributed by atoms with Crippen LogP contribution in [0, 0.1) is 5.82 Å². The molecule has 1 rings (SSSR count). The van der Waals surface area contributed by atoms with Gasteiger partial charge >= 0.3 is 6.09 Å². The van der Waals surface area contributed by atoms with Crippen molar-refractivity contribution in [1.29, 1.82) is 0 Å². The lowest BCUT2D eigenvalue weighted by molar-refractivity contribution is 0.0283. The average molecular weight is 283 g/mol. The SMILES string of the molecule is CC(C)(C)OC(=O)NC(C)(C)C(O)c1ccccc1F. The molecule has 0 saturated heterocycles. The van der Waals surface area contributed by atoms with Gasteiger partial charge in [-0.15, -0.1) is 0 Å². The van der Waals surface area contributed by atoms with Crippen molar-refractivity contribution in [2.75, 3.05) is 0 Å². The van der Waals surface area contributed by atoms with E-state index in [9.17, 15) is 14.3 Å². The summed E-state index contributed by atoms with van der Waals surface area (Å²) in [5.41, 5.74) is -1.57.